The van der Waals surface area contributed by atoms with Crippen LogP contribution in [-0.2, 0) is 0 Å². The zero-order valence-corrected chi connectivity index (χ0v) is 12.1. The highest BCUT2D eigenvalue weighted by Crippen LogP contribution is 2.27. The van der Waals surface area contributed by atoms with Gasteiger partial charge in [0.1, 0.15) is 5.82 Å². The van der Waals surface area contributed by atoms with Crippen molar-refractivity contribution in [2.45, 2.75) is 0 Å². The first kappa shape index (κ1) is 14.3. The molecule has 0 heterocycles. The summed E-state index contributed by atoms with van der Waals surface area (Å²) in [5, 5.41) is 12.0. The van der Waals surface area contributed by atoms with Gasteiger partial charge in [-0.05, 0) is 36.4 Å². The van der Waals surface area contributed by atoms with E-state index in [1.54, 1.807) is 6.07 Å². The summed E-state index contributed by atoms with van der Waals surface area (Å²) in [4.78, 5) is 12.0. The van der Waals surface area contributed by atoms with Crippen molar-refractivity contribution < 1.29 is 19.0 Å². The first-order valence-electron chi connectivity index (χ1n) is 5.64. The van der Waals surface area contributed by atoms with Gasteiger partial charge in [0, 0.05) is 10.0 Å². The number of anilines is 1. The standard InChI is InChI=1S/C14H11BrFNO3/c1-20-13-5-2-8(6-12(13)18)14(19)17-11-4-3-9(15)7-10(11)16/h2-7,18H,1H3,(H,17,19). The Morgan fingerprint density at radius 1 is 1.30 bits per heavy atom. The number of ether oxygens (including phenoxy) is 1. The van der Waals surface area contributed by atoms with Gasteiger partial charge in [-0.1, -0.05) is 15.9 Å². The van der Waals surface area contributed by atoms with Crippen LogP contribution in [0, 0.1) is 5.82 Å². The fourth-order valence-electron chi connectivity index (χ4n) is 1.62. The van der Waals surface area contributed by atoms with Crippen molar-refractivity contribution in [3.05, 3.63) is 52.3 Å². The van der Waals surface area contributed by atoms with Crippen molar-refractivity contribution in [3.63, 3.8) is 0 Å². The first-order chi connectivity index (χ1) is 9.51. The maximum Gasteiger partial charge on any atom is 0.255 e. The Morgan fingerprint density at radius 2 is 2.05 bits per heavy atom. The summed E-state index contributed by atoms with van der Waals surface area (Å²) in [5.41, 5.74) is 0.263. The Kier molecular flexibility index (Phi) is 4.24. The Bertz CT molecular complexity index is 661. The fourth-order valence-corrected chi connectivity index (χ4v) is 1.95. The lowest BCUT2D eigenvalue weighted by Gasteiger charge is -2.08. The number of aromatic hydroxyl groups is 1. The minimum absolute atomic E-state index is 0.0634. The lowest BCUT2D eigenvalue weighted by atomic mass is 10.2. The van der Waals surface area contributed by atoms with E-state index in [1.807, 2.05) is 0 Å². The van der Waals surface area contributed by atoms with Gasteiger partial charge in [-0.3, -0.25) is 4.79 Å². The number of methoxy groups -OCH3 is 1. The third-order valence-electron chi connectivity index (χ3n) is 2.62. The number of halogens is 2. The third kappa shape index (κ3) is 3.08. The molecule has 0 saturated heterocycles. The van der Waals surface area contributed by atoms with Gasteiger partial charge >= 0.3 is 0 Å². The quantitative estimate of drug-likeness (QED) is 0.898. The van der Waals surface area contributed by atoms with E-state index >= 15 is 0 Å². The molecule has 0 aliphatic carbocycles. The maximum absolute atomic E-state index is 13.6. The van der Waals surface area contributed by atoms with Crippen molar-refractivity contribution in [1.82, 2.24) is 0 Å². The molecule has 20 heavy (non-hydrogen) atoms. The summed E-state index contributed by atoms with van der Waals surface area (Å²) in [6.45, 7) is 0. The van der Waals surface area contributed by atoms with Crippen molar-refractivity contribution >= 4 is 27.5 Å². The second kappa shape index (κ2) is 5.92. The second-order valence-electron chi connectivity index (χ2n) is 3.96. The summed E-state index contributed by atoms with van der Waals surface area (Å²) in [6, 6.07) is 8.50. The molecule has 0 radical (unpaired) electrons. The molecule has 0 fully saturated rings. The van der Waals surface area contributed by atoms with Crippen molar-refractivity contribution in [2.24, 2.45) is 0 Å². The number of nitrogens with one attached hydrogen (secondary N) is 1. The number of carbonyl (C=O) groups is 1. The lowest BCUT2D eigenvalue weighted by Crippen LogP contribution is -2.12. The molecule has 6 heteroatoms. The van der Waals surface area contributed by atoms with Crippen LogP contribution >= 0.6 is 15.9 Å². The monoisotopic (exact) mass is 339 g/mol. The van der Waals surface area contributed by atoms with Crippen LogP contribution in [0.15, 0.2) is 40.9 Å². The summed E-state index contributed by atoms with van der Waals surface area (Å²) >= 11 is 3.13. The molecular formula is C14H11BrFNO3. The van der Waals surface area contributed by atoms with Gasteiger partial charge in [-0.15, -0.1) is 0 Å². The van der Waals surface area contributed by atoms with Crippen LogP contribution in [0.3, 0.4) is 0 Å². The van der Waals surface area contributed by atoms with Crippen molar-refractivity contribution in [3.8, 4) is 11.5 Å². The number of hydrogen-bond donors (Lipinski definition) is 2. The van der Waals surface area contributed by atoms with E-state index in [2.05, 4.69) is 21.2 Å². The number of phenolic OH excluding ortho intramolecular Hbond substituents is 1. The van der Waals surface area contributed by atoms with E-state index in [0.717, 1.165) is 0 Å². The van der Waals surface area contributed by atoms with Crippen LogP contribution in [0.4, 0.5) is 10.1 Å². The van der Waals surface area contributed by atoms with E-state index in [4.69, 9.17) is 4.74 Å². The molecule has 4 nitrogen and oxygen atoms in total. The molecule has 2 aromatic carbocycles. The van der Waals surface area contributed by atoms with Gasteiger partial charge in [-0.25, -0.2) is 4.39 Å². The van der Waals surface area contributed by atoms with Gasteiger partial charge in [0.05, 0.1) is 12.8 Å². The minimum atomic E-state index is -0.551. The van der Waals surface area contributed by atoms with Gasteiger partial charge in [0.15, 0.2) is 11.5 Å². The van der Waals surface area contributed by atoms with Gasteiger partial charge in [0.25, 0.3) is 5.91 Å². The Hall–Kier alpha value is -2.08. The predicted molar refractivity (Wildman–Crippen MR) is 76.7 cm³/mol. The van der Waals surface area contributed by atoms with E-state index in [0.29, 0.717) is 4.47 Å². The third-order valence-corrected chi connectivity index (χ3v) is 3.11. The SMILES string of the molecule is COc1ccc(C(=O)Nc2ccc(Br)cc2F)cc1O. The average Bonchev–Trinajstić information content (AvgIpc) is 2.41. The highest BCUT2D eigenvalue weighted by molar-refractivity contribution is 9.10. The van der Waals surface area contributed by atoms with Gasteiger partial charge < -0.3 is 15.2 Å². The highest BCUT2D eigenvalue weighted by Gasteiger charge is 2.12. The summed E-state index contributed by atoms with van der Waals surface area (Å²) < 4.78 is 19.1. The van der Waals surface area contributed by atoms with E-state index < -0.39 is 11.7 Å². The predicted octanol–water partition coefficient (Wildman–Crippen LogP) is 3.55. The molecule has 0 unspecified atom stereocenters. The highest BCUT2D eigenvalue weighted by atomic mass is 79.9. The van der Waals surface area contributed by atoms with Crippen molar-refractivity contribution in [2.75, 3.05) is 12.4 Å². The molecule has 0 saturated carbocycles. The molecule has 0 atom stereocenters. The molecule has 104 valence electrons. The topological polar surface area (TPSA) is 58.6 Å². The zero-order chi connectivity index (χ0) is 14.7. The Morgan fingerprint density at radius 3 is 2.65 bits per heavy atom. The molecule has 0 spiro atoms. The number of rotatable bonds is 3. The Balaban J connectivity index is 2.21. The van der Waals surface area contributed by atoms with E-state index in [9.17, 15) is 14.3 Å². The van der Waals surface area contributed by atoms with Crippen LogP contribution in [0.25, 0.3) is 0 Å². The molecule has 2 rings (SSSR count). The number of carbonyl (C=O) groups excluding carboxylic acids is 1. The van der Waals surface area contributed by atoms with Crippen LogP contribution in [0.2, 0.25) is 0 Å². The number of benzene rings is 2. The second-order valence-corrected chi connectivity index (χ2v) is 4.88. The normalized spacial score (nSPS) is 10.2. The molecule has 1 amide bonds. The fraction of sp³-hybridized carbons (Fsp3) is 0.0714. The average molecular weight is 340 g/mol. The lowest BCUT2D eigenvalue weighted by molar-refractivity contribution is 0.102. The largest absolute Gasteiger partial charge is 0.504 e. The van der Waals surface area contributed by atoms with Gasteiger partial charge in [-0.2, -0.15) is 0 Å². The van der Waals surface area contributed by atoms with Gasteiger partial charge in [0.2, 0.25) is 0 Å². The molecule has 2 N–H and O–H groups in total. The van der Waals surface area contributed by atoms with Crippen LogP contribution in [0.1, 0.15) is 10.4 Å². The molecular weight excluding hydrogens is 329 g/mol. The molecule has 0 bridgehead atoms. The first-order valence-corrected chi connectivity index (χ1v) is 6.44. The minimum Gasteiger partial charge on any atom is -0.504 e. The number of hydrogen-bond acceptors (Lipinski definition) is 3. The zero-order valence-electron chi connectivity index (χ0n) is 10.5. The number of phenols is 1. The van der Waals surface area contributed by atoms with Crippen LogP contribution in [-0.4, -0.2) is 18.1 Å². The molecule has 0 aliphatic rings. The number of amides is 1. The summed E-state index contributed by atoms with van der Waals surface area (Å²) in [6.07, 6.45) is 0. The molecule has 0 aliphatic heterocycles. The van der Waals surface area contributed by atoms with E-state index in [1.165, 1.54) is 37.4 Å². The smallest absolute Gasteiger partial charge is 0.255 e. The molecule has 2 aromatic rings. The maximum atomic E-state index is 13.6. The summed E-state index contributed by atoms with van der Waals surface area (Å²) in [5.74, 6) is -0.970. The van der Waals surface area contributed by atoms with Crippen molar-refractivity contribution in [1.29, 1.82) is 0 Å². The summed E-state index contributed by atoms with van der Waals surface area (Å²) in [7, 11) is 1.41. The molecule has 0 aromatic heterocycles. The van der Waals surface area contributed by atoms with Crippen LogP contribution < -0.4 is 10.1 Å². The Labute approximate surface area is 123 Å². The van der Waals surface area contributed by atoms with Crippen LogP contribution in [0.5, 0.6) is 11.5 Å². The van der Waals surface area contributed by atoms with E-state index in [-0.39, 0.29) is 22.7 Å².